The Balaban J connectivity index is 1.01. The molecule has 36 nitrogen and oxygen atoms in total. The van der Waals surface area contributed by atoms with E-state index in [1.54, 1.807) is 0 Å². The van der Waals surface area contributed by atoms with E-state index in [9.17, 15) is 117 Å². The largest absolute Gasteiger partial charge is 0.394 e. The summed E-state index contributed by atoms with van der Waals surface area (Å²) in [5.74, 6) is 0. The number of aliphatic hydroxyl groups excluding tert-OH is 23. The van der Waals surface area contributed by atoms with Crippen molar-refractivity contribution in [1.29, 1.82) is 0 Å². The standard InChI is InChI=1S/C42H72O36/c43-1-8-15(48)18(51)26(59)37(69-8)67-7-14-35(24(57)31(64)42(74-14)75-32-10(3-45)68-36(65)25(58)21(32)54)78-41-30(63)23(56)34(12(5-47)72-41)77-40-28(61)20(53)17(50)13(73-40)6-66-38-29(62)22(55)33(11(4-46)71-38)76-39-27(60)19(52)16(49)9(2-44)70-39/h8-65H,1-7H2/t8-,9-,10-,11-,12-,13-,14-,15-,16-,17-,18+,19+,20+,21-,22-,23-,24-,25-,26-,27-,28-,29-,30-,31-,32-,33-,34-,35-,36+,37+,38+,39-,40-,41-,42-/m1/s1. The molecule has 0 radical (unpaired) electrons. The van der Waals surface area contributed by atoms with Crippen molar-refractivity contribution in [2.45, 2.75) is 215 Å². The van der Waals surface area contributed by atoms with Gasteiger partial charge in [-0.15, -0.1) is 0 Å². The van der Waals surface area contributed by atoms with Gasteiger partial charge in [0.15, 0.2) is 44.0 Å². The molecule has 23 N–H and O–H groups in total. The van der Waals surface area contributed by atoms with Crippen molar-refractivity contribution >= 4 is 0 Å². The first-order valence-electron chi connectivity index (χ1n) is 24.7. The minimum Gasteiger partial charge on any atom is -0.394 e. The lowest BCUT2D eigenvalue weighted by molar-refractivity contribution is -0.392. The highest BCUT2D eigenvalue weighted by Gasteiger charge is 2.57. The van der Waals surface area contributed by atoms with Crippen molar-refractivity contribution < 1.29 is 179 Å². The summed E-state index contributed by atoms with van der Waals surface area (Å²) in [6.07, 6.45) is -67.8. The Labute approximate surface area is 439 Å². The highest BCUT2D eigenvalue weighted by molar-refractivity contribution is 5.00. The van der Waals surface area contributed by atoms with E-state index in [1.807, 2.05) is 0 Å². The summed E-state index contributed by atoms with van der Waals surface area (Å²) in [7, 11) is 0. The summed E-state index contributed by atoms with van der Waals surface area (Å²) >= 11 is 0. The molecule has 0 spiro atoms. The van der Waals surface area contributed by atoms with Crippen LogP contribution in [0.25, 0.3) is 0 Å². The average Bonchev–Trinajstić information content (AvgIpc) is 3.43. The molecule has 7 fully saturated rings. The van der Waals surface area contributed by atoms with Gasteiger partial charge in [0.2, 0.25) is 0 Å². The maximum Gasteiger partial charge on any atom is 0.187 e. The van der Waals surface area contributed by atoms with Crippen molar-refractivity contribution in [2.75, 3.05) is 46.2 Å². The lowest BCUT2D eigenvalue weighted by atomic mass is 9.95. The second kappa shape index (κ2) is 27.5. The number of hydrogen-bond donors (Lipinski definition) is 23. The monoisotopic (exact) mass is 1150 g/mol. The van der Waals surface area contributed by atoms with Crippen LogP contribution in [0.15, 0.2) is 0 Å². The zero-order valence-electron chi connectivity index (χ0n) is 40.8. The molecule has 0 aliphatic carbocycles. The van der Waals surface area contributed by atoms with Gasteiger partial charge in [-0.25, -0.2) is 0 Å². The highest BCUT2D eigenvalue weighted by Crippen LogP contribution is 2.36. The number of aliphatic hydroxyl groups is 23. The molecule has 36 heteroatoms. The maximum atomic E-state index is 11.5. The Morgan fingerprint density at radius 2 is 0.462 bits per heavy atom. The Morgan fingerprint density at radius 1 is 0.218 bits per heavy atom. The summed E-state index contributed by atoms with van der Waals surface area (Å²) in [5.41, 5.74) is 0. The van der Waals surface area contributed by atoms with Crippen LogP contribution >= 0.6 is 0 Å². The van der Waals surface area contributed by atoms with Gasteiger partial charge < -0.3 is 179 Å². The topological polar surface area (TPSA) is 585 Å². The van der Waals surface area contributed by atoms with Gasteiger partial charge in [-0.3, -0.25) is 0 Å². The SMILES string of the molecule is OC[C@H]1O[C@H](OC[C@H]2O[C@H](O[C@H]3[C@H](O)[C@@H](O)[C@@H](O)O[C@@H]3CO)[C@H](O)[C@@H](O)[C@@H]2O[C@H]2O[C@H](CO)[C@@H](O[C@H]3O[C@H](CO[C@H]4O[C@H](CO)[C@@H](O[C@H]5O[C@H](CO)[C@@H](O)[C@H](O)[C@H]5O)[C@H](O)[C@H]4O)[C@@H](O)[C@H](O)[C@H]3O)[C@H](O)[C@H]2O)[C@H](O)[C@@H](O)[C@@H]1O. The zero-order valence-corrected chi connectivity index (χ0v) is 40.8. The van der Waals surface area contributed by atoms with Gasteiger partial charge in [-0.2, -0.15) is 0 Å². The molecule has 0 aromatic heterocycles. The normalized spacial score (nSPS) is 53.5. The summed E-state index contributed by atoms with van der Waals surface area (Å²) in [6, 6.07) is 0. The summed E-state index contributed by atoms with van der Waals surface area (Å²) in [4.78, 5) is 0. The molecule has 78 heavy (non-hydrogen) atoms. The molecule has 7 saturated heterocycles. The third kappa shape index (κ3) is 13.2. The lowest BCUT2D eigenvalue weighted by Gasteiger charge is -2.49. The summed E-state index contributed by atoms with van der Waals surface area (Å²) in [6.45, 7) is -6.52. The molecule has 0 aromatic carbocycles. The number of ether oxygens (including phenoxy) is 13. The first kappa shape index (κ1) is 64.1. The van der Waals surface area contributed by atoms with Crippen LogP contribution in [0.3, 0.4) is 0 Å². The van der Waals surface area contributed by atoms with Gasteiger partial charge in [-0.05, 0) is 0 Å². The van der Waals surface area contributed by atoms with Crippen LogP contribution in [0.1, 0.15) is 0 Å². The van der Waals surface area contributed by atoms with Crippen LogP contribution in [0, 0.1) is 0 Å². The highest BCUT2D eigenvalue weighted by atomic mass is 16.8. The molecule has 7 aliphatic rings. The van der Waals surface area contributed by atoms with E-state index in [0.29, 0.717) is 0 Å². The van der Waals surface area contributed by atoms with E-state index in [2.05, 4.69) is 0 Å². The number of rotatable bonds is 19. The summed E-state index contributed by atoms with van der Waals surface area (Å²) < 4.78 is 72.3. The fraction of sp³-hybridized carbons (Fsp3) is 1.00. The minimum atomic E-state index is -2.30. The molecular formula is C42H72O36. The molecule has 0 saturated carbocycles. The maximum absolute atomic E-state index is 11.5. The van der Waals surface area contributed by atoms with E-state index in [4.69, 9.17) is 61.6 Å². The second-order valence-corrected chi connectivity index (χ2v) is 19.6. The van der Waals surface area contributed by atoms with E-state index < -0.39 is 261 Å². The molecular weight excluding hydrogens is 1080 g/mol. The van der Waals surface area contributed by atoms with Crippen LogP contribution in [-0.2, 0) is 61.6 Å². The fourth-order valence-corrected chi connectivity index (χ4v) is 9.80. The van der Waals surface area contributed by atoms with Crippen LogP contribution in [-0.4, -0.2) is 379 Å². The van der Waals surface area contributed by atoms with Gasteiger partial charge in [0.05, 0.1) is 46.2 Å². The molecule has 7 heterocycles. The van der Waals surface area contributed by atoms with Crippen LogP contribution < -0.4 is 0 Å². The smallest absolute Gasteiger partial charge is 0.187 e. The second-order valence-electron chi connectivity index (χ2n) is 19.6. The molecule has 0 aromatic rings. The minimum absolute atomic E-state index is 0.839. The third-order valence-corrected chi connectivity index (χ3v) is 14.5. The first-order chi connectivity index (χ1) is 36.9. The quantitative estimate of drug-likeness (QED) is 0.0571. The van der Waals surface area contributed by atoms with Gasteiger partial charge in [0, 0.05) is 0 Å². The first-order valence-corrected chi connectivity index (χ1v) is 24.7. The van der Waals surface area contributed by atoms with Gasteiger partial charge in [0.25, 0.3) is 0 Å². The van der Waals surface area contributed by atoms with Gasteiger partial charge >= 0.3 is 0 Å². The fourth-order valence-electron chi connectivity index (χ4n) is 9.80. The molecule has 0 amide bonds. The van der Waals surface area contributed by atoms with Crippen molar-refractivity contribution in [1.82, 2.24) is 0 Å². The van der Waals surface area contributed by atoms with Crippen LogP contribution in [0.4, 0.5) is 0 Å². The van der Waals surface area contributed by atoms with E-state index >= 15 is 0 Å². The van der Waals surface area contributed by atoms with E-state index in [-0.39, 0.29) is 0 Å². The Kier molecular flexibility index (Phi) is 22.6. The summed E-state index contributed by atoms with van der Waals surface area (Å²) in [5, 5.41) is 243. The number of hydrogen-bond acceptors (Lipinski definition) is 36. The third-order valence-electron chi connectivity index (χ3n) is 14.5. The van der Waals surface area contributed by atoms with E-state index in [0.717, 1.165) is 0 Å². The Morgan fingerprint density at radius 3 is 0.859 bits per heavy atom. The lowest BCUT2D eigenvalue weighted by Crippen LogP contribution is -2.68. The van der Waals surface area contributed by atoms with Crippen LogP contribution in [0.2, 0.25) is 0 Å². The molecule has 7 rings (SSSR count). The predicted octanol–water partition coefficient (Wildman–Crippen LogP) is -16.3. The molecule has 456 valence electrons. The average molecular weight is 1150 g/mol. The molecule has 35 atom stereocenters. The predicted molar refractivity (Wildman–Crippen MR) is 232 cm³/mol. The van der Waals surface area contributed by atoms with Crippen molar-refractivity contribution in [3.8, 4) is 0 Å². The van der Waals surface area contributed by atoms with Gasteiger partial charge in [-0.1, -0.05) is 0 Å². The van der Waals surface area contributed by atoms with Crippen molar-refractivity contribution in [2.24, 2.45) is 0 Å². The Bertz CT molecular complexity index is 1810. The zero-order chi connectivity index (χ0) is 57.3. The molecule has 7 aliphatic heterocycles. The molecule has 0 bridgehead atoms. The van der Waals surface area contributed by atoms with E-state index in [1.165, 1.54) is 0 Å². The Hall–Kier alpha value is -1.44. The van der Waals surface area contributed by atoms with Crippen molar-refractivity contribution in [3.63, 3.8) is 0 Å². The van der Waals surface area contributed by atoms with Crippen LogP contribution in [0.5, 0.6) is 0 Å². The van der Waals surface area contributed by atoms with Gasteiger partial charge in [0.1, 0.15) is 171 Å². The molecule has 0 unspecified atom stereocenters. The van der Waals surface area contributed by atoms with Crippen molar-refractivity contribution in [3.05, 3.63) is 0 Å².